The molecule has 0 bridgehead atoms. The minimum atomic E-state index is 0.104. The number of nitrogens with zero attached hydrogens (tertiary/aromatic N) is 3. The van der Waals surface area contributed by atoms with Crippen LogP contribution in [0.2, 0.25) is 0 Å². The Hall–Kier alpha value is -1.89. The van der Waals surface area contributed by atoms with Gasteiger partial charge in [0.05, 0.1) is 6.61 Å². The highest BCUT2D eigenvalue weighted by Crippen LogP contribution is 2.19. The third kappa shape index (κ3) is 5.30. The molecule has 1 aromatic carbocycles. The Labute approximate surface area is 159 Å². The van der Waals surface area contributed by atoms with Gasteiger partial charge >= 0.3 is 0 Å². The molecular formula is C20H25N3O2S. The van der Waals surface area contributed by atoms with Crippen LogP contribution in [0.25, 0.3) is 0 Å². The molecular weight excluding hydrogens is 346 g/mol. The van der Waals surface area contributed by atoms with Crippen molar-refractivity contribution in [3.8, 4) is 0 Å². The van der Waals surface area contributed by atoms with Crippen LogP contribution in [0.15, 0.2) is 53.7 Å². The van der Waals surface area contributed by atoms with Gasteiger partial charge in [-0.25, -0.2) is 0 Å². The predicted molar refractivity (Wildman–Crippen MR) is 104 cm³/mol. The molecule has 1 N–H and O–H groups in total. The van der Waals surface area contributed by atoms with Crippen LogP contribution in [0.5, 0.6) is 0 Å². The Bertz CT molecular complexity index is 694. The number of aliphatic hydroxyl groups is 1. The molecule has 2 heterocycles. The number of benzene rings is 1. The maximum atomic E-state index is 12.8. The topological polar surface area (TPSA) is 56.7 Å². The predicted octanol–water partition coefficient (Wildman–Crippen LogP) is 2.51. The number of hydrogen-bond donors (Lipinski definition) is 1. The van der Waals surface area contributed by atoms with E-state index in [4.69, 9.17) is 5.11 Å². The van der Waals surface area contributed by atoms with Crippen LogP contribution < -0.4 is 0 Å². The highest BCUT2D eigenvalue weighted by molar-refractivity contribution is 7.99. The first kappa shape index (κ1) is 18.9. The van der Waals surface area contributed by atoms with E-state index in [1.165, 1.54) is 5.56 Å². The zero-order chi connectivity index (χ0) is 18.2. The maximum absolute atomic E-state index is 12.8. The number of aliphatic hydroxyl groups excluding tert-OH is 1. The number of aromatic nitrogens is 1. The lowest BCUT2D eigenvalue weighted by Crippen LogP contribution is -2.35. The van der Waals surface area contributed by atoms with Crippen LogP contribution in [0, 0.1) is 0 Å². The molecule has 1 fully saturated rings. The van der Waals surface area contributed by atoms with Crippen molar-refractivity contribution in [3.63, 3.8) is 0 Å². The summed E-state index contributed by atoms with van der Waals surface area (Å²) in [7, 11) is 0. The molecule has 1 saturated heterocycles. The number of carbonyl (C=O) groups is 1. The molecule has 0 saturated carbocycles. The van der Waals surface area contributed by atoms with Gasteiger partial charge in [-0.15, -0.1) is 11.8 Å². The summed E-state index contributed by atoms with van der Waals surface area (Å²) in [6.45, 7) is 4.46. The van der Waals surface area contributed by atoms with E-state index in [0.717, 1.165) is 49.6 Å². The Morgan fingerprint density at radius 2 is 1.96 bits per heavy atom. The molecule has 1 aliphatic heterocycles. The van der Waals surface area contributed by atoms with E-state index in [9.17, 15) is 4.79 Å². The number of carbonyl (C=O) groups excluding carboxylic acids is 1. The molecule has 0 atom stereocenters. The number of hydrogen-bond acceptors (Lipinski definition) is 5. The molecule has 138 valence electrons. The van der Waals surface area contributed by atoms with Gasteiger partial charge in [-0.3, -0.25) is 14.7 Å². The summed E-state index contributed by atoms with van der Waals surface area (Å²) in [4.78, 5) is 22.4. The SMILES string of the molecule is O=C(c1ccc(SCCO)cc1)N1CCCN(Cc2cccnc2)CC1. The molecule has 2 aromatic rings. The second-order valence-electron chi connectivity index (χ2n) is 6.38. The standard InChI is InChI=1S/C20H25N3O2S/c24-13-14-26-19-6-4-18(5-7-19)20(25)23-10-2-9-22(11-12-23)16-17-3-1-8-21-15-17/h1,3-8,15,24H,2,9-14,16H2. The number of thioether (sulfide) groups is 1. The summed E-state index contributed by atoms with van der Waals surface area (Å²) < 4.78 is 0. The fourth-order valence-electron chi connectivity index (χ4n) is 3.12. The molecule has 5 nitrogen and oxygen atoms in total. The molecule has 6 heteroatoms. The summed E-state index contributed by atoms with van der Waals surface area (Å²) in [5, 5.41) is 8.89. The van der Waals surface area contributed by atoms with Crippen molar-refractivity contribution in [2.24, 2.45) is 0 Å². The summed E-state index contributed by atoms with van der Waals surface area (Å²) in [6, 6.07) is 11.8. The molecule has 3 rings (SSSR count). The van der Waals surface area contributed by atoms with Gasteiger partial charge in [0.15, 0.2) is 0 Å². The first-order valence-electron chi connectivity index (χ1n) is 9.00. The van der Waals surface area contributed by atoms with E-state index in [1.54, 1.807) is 18.0 Å². The fourth-order valence-corrected chi connectivity index (χ4v) is 3.78. The molecule has 1 amide bonds. The van der Waals surface area contributed by atoms with Crippen LogP contribution in [0.4, 0.5) is 0 Å². The molecule has 0 unspecified atom stereocenters. The normalized spacial score (nSPS) is 15.7. The fraction of sp³-hybridized carbons (Fsp3) is 0.400. The van der Waals surface area contributed by atoms with Crippen LogP contribution >= 0.6 is 11.8 Å². The average molecular weight is 372 g/mol. The molecule has 0 spiro atoms. The van der Waals surface area contributed by atoms with E-state index in [0.29, 0.717) is 5.75 Å². The van der Waals surface area contributed by atoms with Crippen molar-refractivity contribution in [1.82, 2.24) is 14.8 Å². The van der Waals surface area contributed by atoms with Crippen molar-refractivity contribution in [2.75, 3.05) is 38.5 Å². The number of amides is 1. The summed E-state index contributed by atoms with van der Waals surface area (Å²) >= 11 is 1.59. The lowest BCUT2D eigenvalue weighted by molar-refractivity contribution is 0.0761. The first-order chi connectivity index (χ1) is 12.8. The Kier molecular flexibility index (Phi) is 7.05. The highest BCUT2D eigenvalue weighted by Gasteiger charge is 2.20. The second kappa shape index (κ2) is 9.71. The van der Waals surface area contributed by atoms with Gasteiger partial charge in [-0.1, -0.05) is 6.07 Å². The Morgan fingerprint density at radius 1 is 1.12 bits per heavy atom. The number of pyridine rings is 1. The second-order valence-corrected chi connectivity index (χ2v) is 7.55. The van der Waals surface area contributed by atoms with Gasteiger partial charge in [-0.05, 0) is 42.3 Å². The lowest BCUT2D eigenvalue weighted by atomic mass is 10.2. The quantitative estimate of drug-likeness (QED) is 0.791. The van der Waals surface area contributed by atoms with Crippen molar-refractivity contribution in [1.29, 1.82) is 0 Å². The van der Waals surface area contributed by atoms with Gasteiger partial charge in [0.25, 0.3) is 5.91 Å². The third-order valence-corrected chi connectivity index (χ3v) is 5.46. The number of rotatable bonds is 6. The monoisotopic (exact) mass is 371 g/mol. The van der Waals surface area contributed by atoms with Crippen LogP contribution in [-0.4, -0.2) is 64.3 Å². The Morgan fingerprint density at radius 3 is 2.69 bits per heavy atom. The largest absolute Gasteiger partial charge is 0.396 e. The zero-order valence-electron chi connectivity index (χ0n) is 14.9. The highest BCUT2D eigenvalue weighted by atomic mass is 32.2. The van der Waals surface area contributed by atoms with Crippen molar-refractivity contribution < 1.29 is 9.90 Å². The van der Waals surface area contributed by atoms with E-state index < -0.39 is 0 Å². The summed E-state index contributed by atoms with van der Waals surface area (Å²) in [6.07, 6.45) is 4.68. The van der Waals surface area contributed by atoms with Crippen LogP contribution in [0.3, 0.4) is 0 Å². The van der Waals surface area contributed by atoms with Gasteiger partial charge < -0.3 is 10.0 Å². The van der Waals surface area contributed by atoms with Crippen LogP contribution in [0.1, 0.15) is 22.3 Å². The van der Waals surface area contributed by atoms with Gasteiger partial charge in [0.2, 0.25) is 0 Å². The van der Waals surface area contributed by atoms with E-state index in [1.807, 2.05) is 41.4 Å². The third-order valence-electron chi connectivity index (χ3n) is 4.47. The smallest absolute Gasteiger partial charge is 0.253 e. The summed E-state index contributed by atoms with van der Waals surface area (Å²) in [5.41, 5.74) is 1.95. The van der Waals surface area contributed by atoms with E-state index >= 15 is 0 Å². The maximum Gasteiger partial charge on any atom is 0.253 e. The van der Waals surface area contributed by atoms with Crippen molar-refractivity contribution in [3.05, 3.63) is 59.9 Å². The van der Waals surface area contributed by atoms with Gasteiger partial charge in [0, 0.05) is 61.3 Å². The van der Waals surface area contributed by atoms with E-state index in [2.05, 4.69) is 16.0 Å². The zero-order valence-corrected chi connectivity index (χ0v) is 15.7. The average Bonchev–Trinajstić information content (AvgIpc) is 2.92. The molecule has 0 aliphatic carbocycles. The van der Waals surface area contributed by atoms with Crippen molar-refractivity contribution in [2.45, 2.75) is 17.9 Å². The molecule has 1 aliphatic rings. The minimum absolute atomic E-state index is 0.104. The molecule has 0 radical (unpaired) electrons. The molecule has 1 aromatic heterocycles. The van der Waals surface area contributed by atoms with Crippen LogP contribution in [-0.2, 0) is 6.54 Å². The minimum Gasteiger partial charge on any atom is -0.396 e. The van der Waals surface area contributed by atoms with Crippen molar-refractivity contribution >= 4 is 17.7 Å². The molecule has 26 heavy (non-hydrogen) atoms. The lowest BCUT2D eigenvalue weighted by Gasteiger charge is -2.22. The summed E-state index contributed by atoms with van der Waals surface area (Å²) in [5.74, 6) is 0.776. The van der Waals surface area contributed by atoms with Gasteiger partial charge in [0.1, 0.15) is 0 Å². The van der Waals surface area contributed by atoms with E-state index in [-0.39, 0.29) is 12.5 Å². The van der Waals surface area contributed by atoms with Gasteiger partial charge in [-0.2, -0.15) is 0 Å². The Balaban J connectivity index is 1.55. The first-order valence-corrected chi connectivity index (χ1v) is 9.99.